The topological polar surface area (TPSA) is 17.1 Å². The maximum absolute atomic E-state index is 12.3. The van der Waals surface area contributed by atoms with Gasteiger partial charge in [-0.25, -0.2) is 0 Å². The van der Waals surface area contributed by atoms with Crippen molar-refractivity contribution in [1.82, 2.24) is 0 Å². The van der Waals surface area contributed by atoms with Crippen LogP contribution in [0.3, 0.4) is 0 Å². The molecule has 2 rings (SSSR count). The average molecular weight is 380 g/mol. The van der Waals surface area contributed by atoms with Crippen molar-refractivity contribution in [3.8, 4) is 0 Å². The summed E-state index contributed by atoms with van der Waals surface area (Å²) in [5, 5.41) is 1.97. The molecule has 2 aromatic rings. The van der Waals surface area contributed by atoms with Crippen LogP contribution in [-0.2, 0) is 6.42 Å². The number of carbonyl (C=O) groups excluding carboxylic acids is 1. The average Bonchev–Trinajstić information content (AvgIpc) is 2.83. The minimum absolute atomic E-state index is 0.112. The lowest BCUT2D eigenvalue weighted by Gasteiger charge is -1.99. The second-order valence-corrected chi connectivity index (χ2v) is 7.86. The molecule has 0 fully saturated rings. The van der Waals surface area contributed by atoms with E-state index in [2.05, 4.69) is 38.8 Å². The zero-order valence-corrected chi connectivity index (χ0v) is 13.2. The highest BCUT2D eigenvalue weighted by Crippen LogP contribution is 2.34. The highest BCUT2D eigenvalue weighted by atomic mass is 79.9. The van der Waals surface area contributed by atoms with Gasteiger partial charge in [-0.1, -0.05) is 6.92 Å². The Balaban J connectivity index is 2.43. The van der Waals surface area contributed by atoms with E-state index in [0.29, 0.717) is 0 Å². The molecule has 0 unspecified atom stereocenters. The van der Waals surface area contributed by atoms with Crippen molar-refractivity contribution in [3.05, 3.63) is 41.1 Å². The lowest BCUT2D eigenvalue weighted by molar-refractivity contribution is 0.104. The molecule has 2 aromatic heterocycles. The molecule has 5 heteroatoms. The molecule has 16 heavy (non-hydrogen) atoms. The minimum Gasteiger partial charge on any atom is -0.288 e. The fourth-order valence-electron chi connectivity index (χ4n) is 1.43. The largest absolute Gasteiger partial charge is 0.288 e. The molecule has 0 aliphatic rings. The number of halogens is 2. The van der Waals surface area contributed by atoms with Gasteiger partial charge in [0.15, 0.2) is 0 Å². The van der Waals surface area contributed by atoms with Crippen LogP contribution >= 0.6 is 54.5 Å². The molecule has 0 saturated carbocycles. The van der Waals surface area contributed by atoms with E-state index in [1.807, 2.05) is 17.5 Å². The Labute approximate surface area is 119 Å². The molecule has 0 radical (unpaired) electrons. The maximum Gasteiger partial charge on any atom is 0.205 e. The Morgan fingerprint density at radius 1 is 1.44 bits per heavy atom. The molecule has 0 bridgehead atoms. The molecule has 0 aliphatic heterocycles. The smallest absolute Gasteiger partial charge is 0.205 e. The van der Waals surface area contributed by atoms with Crippen LogP contribution in [0, 0.1) is 0 Å². The second-order valence-electron chi connectivity index (χ2n) is 3.20. The number of carbonyl (C=O) groups is 1. The van der Waals surface area contributed by atoms with Crippen molar-refractivity contribution in [2.75, 3.05) is 0 Å². The Hall–Kier alpha value is 0.0300. The van der Waals surface area contributed by atoms with Crippen molar-refractivity contribution < 1.29 is 4.79 Å². The van der Waals surface area contributed by atoms with Crippen molar-refractivity contribution in [1.29, 1.82) is 0 Å². The Kier molecular flexibility index (Phi) is 4.00. The number of aryl methyl sites for hydroxylation is 1. The predicted octanol–water partition coefficient (Wildman–Crippen LogP) is 5.13. The molecular weight excluding hydrogens is 372 g/mol. The third kappa shape index (κ3) is 2.32. The van der Waals surface area contributed by atoms with E-state index >= 15 is 0 Å². The number of hydrogen-bond donors (Lipinski definition) is 0. The van der Waals surface area contributed by atoms with Gasteiger partial charge in [0.05, 0.1) is 12.4 Å². The van der Waals surface area contributed by atoms with Crippen LogP contribution in [0.1, 0.15) is 27.7 Å². The van der Waals surface area contributed by atoms with E-state index in [4.69, 9.17) is 0 Å². The molecule has 0 spiro atoms. The van der Waals surface area contributed by atoms with Gasteiger partial charge >= 0.3 is 0 Å². The summed E-state index contributed by atoms with van der Waals surface area (Å²) < 4.78 is 1.86. The summed E-state index contributed by atoms with van der Waals surface area (Å²) >= 11 is 9.85. The number of hydrogen-bond acceptors (Lipinski definition) is 3. The second kappa shape index (κ2) is 5.12. The van der Waals surface area contributed by atoms with Crippen molar-refractivity contribution >= 4 is 60.3 Å². The molecule has 2 heterocycles. The lowest BCUT2D eigenvalue weighted by atomic mass is 10.1. The molecular formula is C11H8Br2OS2. The van der Waals surface area contributed by atoms with Crippen LogP contribution in [0.5, 0.6) is 0 Å². The van der Waals surface area contributed by atoms with Gasteiger partial charge < -0.3 is 0 Å². The van der Waals surface area contributed by atoms with Gasteiger partial charge in [0.2, 0.25) is 5.78 Å². The van der Waals surface area contributed by atoms with Gasteiger partial charge in [0, 0.05) is 5.56 Å². The predicted molar refractivity (Wildman–Crippen MR) is 76.8 cm³/mol. The third-order valence-corrected chi connectivity index (χ3v) is 5.53. The monoisotopic (exact) mass is 378 g/mol. The molecule has 0 aromatic carbocycles. The zero-order valence-electron chi connectivity index (χ0n) is 8.42. The quantitative estimate of drug-likeness (QED) is 0.675. The Bertz CT molecular complexity index is 528. The number of rotatable bonds is 3. The summed E-state index contributed by atoms with van der Waals surface area (Å²) in [4.78, 5) is 13.1. The van der Waals surface area contributed by atoms with Crippen molar-refractivity contribution in [2.24, 2.45) is 0 Å². The molecule has 0 aliphatic carbocycles. The van der Waals surface area contributed by atoms with Crippen LogP contribution < -0.4 is 0 Å². The first-order valence-corrected chi connectivity index (χ1v) is 7.97. The fraction of sp³-hybridized carbons (Fsp3) is 0.182. The molecule has 84 valence electrons. The summed E-state index contributed by atoms with van der Waals surface area (Å²) in [6.45, 7) is 2.07. The van der Waals surface area contributed by atoms with E-state index in [0.717, 1.165) is 30.0 Å². The Morgan fingerprint density at radius 2 is 2.19 bits per heavy atom. The lowest BCUT2D eigenvalue weighted by Crippen LogP contribution is -2.00. The molecule has 1 nitrogen and oxygen atoms in total. The fourth-order valence-corrected chi connectivity index (χ4v) is 5.17. The van der Waals surface area contributed by atoms with Gasteiger partial charge in [-0.05, 0) is 61.4 Å². The van der Waals surface area contributed by atoms with Crippen LogP contribution in [0.15, 0.2) is 25.1 Å². The molecule has 0 atom stereocenters. The summed E-state index contributed by atoms with van der Waals surface area (Å²) in [6.07, 6.45) is 0.896. The first-order chi connectivity index (χ1) is 7.63. The van der Waals surface area contributed by atoms with Gasteiger partial charge in [-0.15, -0.1) is 22.7 Å². The normalized spacial score (nSPS) is 10.7. The highest BCUT2D eigenvalue weighted by molar-refractivity contribution is 9.12. The van der Waals surface area contributed by atoms with E-state index in [-0.39, 0.29) is 5.78 Å². The van der Waals surface area contributed by atoms with E-state index in [1.165, 1.54) is 22.7 Å². The van der Waals surface area contributed by atoms with E-state index < -0.39 is 0 Å². The van der Waals surface area contributed by atoms with E-state index in [1.54, 1.807) is 0 Å². The summed E-state index contributed by atoms with van der Waals surface area (Å²) in [7, 11) is 0. The van der Waals surface area contributed by atoms with Crippen LogP contribution in [-0.4, -0.2) is 5.78 Å². The maximum atomic E-state index is 12.3. The highest BCUT2D eigenvalue weighted by Gasteiger charge is 2.18. The van der Waals surface area contributed by atoms with Gasteiger partial charge in [-0.2, -0.15) is 0 Å². The number of thiophene rings is 2. The first kappa shape index (κ1) is 12.5. The molecule has 0 saturated heterocycles. The van der Waals surface area contributed by atoms with Crippen LogP contribution in [0.25, 0.3) is 0 Å². The van der Waals surface area contributed by atoms with Gasteiger partial charge in [0.1, 0.15) is 0 Å². The Morgan fingerprint density at radius 3 is 2.75 bits per heavy atom. The van der Waals surface area contributed by atoms with Crippen LogP contribution in [0.4, 0.5) is 0 Å². The van der Waals surface area contributed by atoms with Gasteiger partial charge in [0.25, 0.3) is 0 Å². The van der Waals surface area contributed by atoms with E-state index in [9.17, 15) is 4.79 Å². The van der Waals surface area contributed by atoms with Crippen LogP contribution in [0.2, 0.25) is 0 Å². The minimum atomic E-state index is 0.112. The summed E-state index contributed by atoms with van der Waals surface area (Å²) in [6, 6.07) is 3.89. The first-order valence-electron chi connectivity index (χ1n) is 4.69. The number of ketones is 1. The zero-order chi connectivity index (χ0) is 11.7. The SMILES string of the molecule is CCc1ccsc1C(=O)c1cc(Br)sc1Br. The third-order valence-electron chi connectivity index (χ3n) is 2.24. The standard InChI is InChI=1S/C11H8Br2OS2/c1-2-6-3-4-15-10(6)9(14)7-5-8(12)16-11(7)13/h3-5H,2H2,1H3. The molecule has 0 N–H and O–H groups in total. The van der Waals surface area contributed by atoms with Gasteiger partial charge in [-0.3, -0.25) is 4.79 Å². The summed E-state index contributed by atoms with van der Waals surface area (Å²) in [5.74, 6) is 0.112. The summed E-state index contributed by atoms with van der Waals surface area (Å²) in [5.41, 5.74) is 1.87. The van der Waals surface area contributed by atoms with Crippen molar-refractivity contribution in [2.45, 2.75) is 13.3 Å². The molecule has 0 amide bonds. The van der Waals surface area contributed by atoms with Crippen molar-refractivity contribution in [3.63, 3.8) is 0 Å².